The van der Waals surface area contributed by atoms with Gasteiger partial charge in [0, 0.05) is 17.3 Å². The summed E-state index contributed by atoms with van der Waals surface area (Å²) in [6.45, 7) is 6.20. The molecule has 6 nitrogen and oxygen atoms in total. The molecule has 1 amide bonds. The van der Waals surface area contributed by atoms with Crippen LogP contribution in [0.4, 0.5) is 5.69 Å². The van der Waals surface area contributed by atoms with Crippen molar-refractivity contribution in [1.29, 1.82) is 0 Å². The van der Waals surface area contributed by atoms with E-state index in [9.17, 15) is 14.7 Å². The molecule has 0 saturated carbocycles. The van der Waals surface area contributed by atoms with E-state index in [2.05, 4.69) is 0 Å². The van der Waals surface area contributed by atoms with Crippen molar-refractivity contribution < 1.29 is 24.2 Å². The van der Waals surface area contributed by atoms with Gasteiger partial charge in [-0.1, -0.05) is 60.7 Å². The molecule has 1 N–H and O–H groups in total. The minimum absolute atomic E-state index is 0.0230. The summed E-state index contributed by atoms with van der Waals surface area (Å²) in [5.74, 6) is -0.505. The van der Waals surface area contributed by atoms with E-state index in [-0.39, 0.29) is 17.4 Å². The fourth-order valence-electron chi connectivity index (χ4n) is 4.91. The van der Waals surface area contributed by atoms with Crippen LogP contribution in [0.3, 0.4) is 0 Å². The number of anilines is 1. The van der Waals surface area contributed by atoms with Gasteiger partial charge in [-0.05, 0) is 61.4 Å². The molecular formula is C32H29NO5. The Kier molecular flexibility index (Phi) is 6.88. The molecule has 0 bridgehead atoms. The summed E-state index contributed by atoms with van der Waals surface area (Å²) in [7, 11) is 0. The summed E-state index contributed by atoms with van der Waals surface area (Å²) in [6, 6.07) is 26.6. The Labute approximate surface area is 221 Å². The number of amides is 1. The standard InChI is InChI=1S/C32H29NO5/c1-4-37-24-14-9-13-23(19-24)33-29(22-12-7-15-25(18-22)38-20(2)3)28(31(35)32(33)36)30(34)27-17-8-11-21-10-5-6-16-26(21)27/h5-20,29,34H,4H2,1-3H3/b30-28-. The maximum Gasteiger partial charge on any atom is 0.300 e. The van der Waals surface area contributed by atoms with Crippen molar-refractivity contribution in [2.75, 3.05) is 11.5 Å². The summed E-state index contributed by atoms with van der Waals surface area (Å²) in [4.78, 5) is 28.6. The first-order chi connectivity index (χ1) is 18.4. The summed E-state index contributed by atoms with van der Waals surface area (Å²) < 4.78 is 11.6. The molecule has 1 unspecified atom stereocenters. The zero-order valence-corrected chi connectivity index (χ0v) is 21.5. The minimum Gasteiger partial charge on any atom is -0.507 e. The molecule has 4 aromatic carbocycles. The monoisotopic (exact) mass is 507 g/mol. The Morgan fingerprint density at radius 3 is 2.39 bits per heavy atom. The lowest BCUT2D eigenvalue weighted by Gasteiger charge is -2.26. The van der Waals surface area contributed by atoms with Crippen LogP contribution >= 0.6 is 0 Å². The zero-order chi connectivity index (χ0) is 26.8. The number of carbonyl (C=O) groups excluding carboxylic acids is 2. The Bertz CT molecular complexity index is 1550. The van der Waals surface area contributed by atoms with E-state index in [1.54, 1.807) is 30.3 Å². The zero-order valence-electron chi connectivity index (χ0n) is 21.5. The normalized spacial score (nSPS) is 16.8. The van der Waals surface area contributed by atoms with Gasteiger partial charge in [0.2, 0.25) is 0 Å². The summed E-state index contributed by atoms with van der Waals surface area (Å²) in [5, 5.41) is 13.4. The first-order valence-corrected chi connectivity index (χ1v) is 12.7. The topological polar surface area (TPSA) is 76.1 Å². The first kappa shape index (κ1) is 25.1. The van der Waals surface area contributed by atoms with Crippen LogP contribution in [0.2, 0.25) is 0 Å². The maximum absolute atomic E-state index is 13.6. The molecule has 4 aromatic rings. The average molecular weight is 508 g/mol. The number of aliphatic hydroxyl groups is 1. The van der Waals surface area contributed by atoms with Gasteiger partial charge in [0.1, 0.15) is 17.3 Å². The van der Waals surface area contributed by atoms with Gasteiger partial charge in [0.15, 0.2) is 0 Å². The molecule has 1 heterocycles. The molecular weight excluding hydrogens is 478 g/mol. The molecule has 1 saturated heterocycles. The van der Waals surface area contributed by atoms with Gasteiger partial charge in [0.05, 0.1) is 24.3 Å². The second-order valence-corrected chi connectivity index (χ2v) is 9.37. The Morgan fingerprint density at radius 2 is 1.61 bits per heavy atom. The van der Waals surface area contributed by atoms with Crippen LogP contribution in [0.1, 0.15) is 37.9 Å². The lowest BCUT2D eigenvalue weighted by Crippen LogP contribution is -2.29. The molecule has 192 valence electrons. The highest BCUT2D eigenvalue weighted by Gasteiger charge is 2.47. The quantitative estimate of drug-likeness (QED) is 0.172. The van der Waals surface area contributed by atoms with Gasteiger partial charge >= 0.3 is 0 Å². The second kappa shape index (κ2) is 10.4. The predicted molar refractivity (Wildman–Crippen MR) is 149 cm³/mol. The smallest absolute Gasteiger partial charge is 0.300 e. The van der Waals surface area contributed by atoms with Crippen LogP contribution in [-0.4, -0.2) is 29.5 Å². The lowest BCUT2D eigenvalue weighted by molar-refractivity contribution is -0.132. The van der Waals surface area contributed by atoms with Crippen molar-refractivity contribution in [1.82, 2.24) is 0 Å². The molecule has 6 heteroatoms. The summed E-state index contributed by atoms with van der Waals surface area (Å²) in [5.41, 5.74) is 1.65. The Hall–Kier alpha value is -4.58. The SMILES string of the molecule is CCOc1cccc(N2C(=O)C(=O)/C(=C(\O)c3cccc4ccccc34)C2c2cccc(OC(C)C)c2)c1. The van der Waals surface area contributed by atoms with Crippen molar-refractivity contribution >= 4 is 33.9 Å². The third kappa shape index (κ3) is 4.61. The molecule has 0 spiro atoms. The van der Waals surface area contributed by atoms with E-state index >= 15 is 0 Å². The van der Waals surface area contributed by atoms with Crippen LogP contribution in [0.25, 0.3) is 16.5 Å². The van der Waals surface area contributed by atoms with E-state index in [1.165, 1.54) is 4.90 Å². The largest absolute Gasteiger partial charge is 0.507 e. The van der Waals surface area contributed by atoms with Crippen LogP contribution in [0.15, 0.2) is 96.6 Å². The maximum atomic E-state index is 13.6. The van der Waals surface area contributed by atoms with E-state index in [4.69, 9.17) is 9.47 Å². The van der Waals surface area contributed by atoms with Gasteiger partial charge in [-0.3, -0.25) is 14.5 Å². The molecule has 1 atom stereocenters. The number of carbonyl (C=O) groups is 2. The number of ketones is 1. The number of Topliss-reactive ketones (excluding diaryl/α,β-unsaturated/α-hetero) is 1. The van der Waals surface area contributed by atoms with E-state index in [1.807, 2.05) is 81.4 Å². The summed E-state index contributed by atoms with van der Waals surface area (Å²) in [6.07, 6.45) is -0.0600. The van der Waals surface area contributed by atoms with Crippen molar-refractivity contribution in [3.63, 3.8) is 0 Å². The Balaban J connectivity index is 1.74. The predicted octanol–water partition coefficient (Wildman–Crippen LogP) is 6.65. The van der Waals surface area contributed by atoms with Gasteiger partial charge in [-0.25, -0.2) is 0 Å². The highest BCUT2D eigenvalue weighted by atomic mass is 16.5. The van der Waals surface area contributed by atoms with Crippen molar-refractivity contribution in [3.05, 3.63) is 108 Å². The molecule has 0 aliphatic carbocycles. The van der Waals surface area contributed by atoms with Crippen LogP contribution in [0.5, 0.6) is 11.5 Å². The number of rotatable bonds is 7. The van der Waals surface area contributed by atoms with Gasteiger partial charge in [-0.15, -0.1) is 0 Å². The summed E-state index contributed by atoms with van der Waals surface area (Å²) >= 11 is 0. The molecule has 1 fully saturated rings. The second-order valence-electron chi connectivity index (χ2n) is 9.37. The highest BCUT2D eigenvalue weighted by Crippen LogP contribution is 2.44. The van der Waals surface area contributed by atoms with E-state index in [0.29, 0.717) is 34.9 Å². The van der Waals surface area contributed by atoms with E-state index in [0.717, 1.165) is 10.8 Å². The van der Waals surface area contributed by atoms with Crippen LogP contribution in [-0.2, 0) is 9.59 Å². The number of benzene rings is 4. The van der Waals surface area contributed by atoms with Crippen molar-refractivity contribution in [2.24, 2.45) is 0 Å². The number of hydrogen-bond donors (Lipinski definition) is 1. The molecule has 1 aliphatic heterocycles. The molecule has 38 heavy (non-hydrogen) atoms. The third-order valence-corrected chi connectivity index (χ3v) is 6.44. The molecule has 0 radical (unpaired) electrons. The number of hydrogen-bond acceptors (Lipinski definition) is 5. The lowest BCUT2D eigenvalue weighted by atomic mass is 9.93. The van der Waals surface area contributed by atoms with Gasteiger partial charge < -0.3 is 14.6 Å². The van der Waals surface area contributed by atoms with Crippen LogP contribution < -0.4 is 14.4 Å². The van der Waals surface area contributed by atoms with Crippen molar-refractivity contribution in [3.8, 4) is 11.5 Å². The number of aliphatic hydroxyl groups excluding tert-OH is 1. The number of fused-ring (bicyclic) bond motifs is 1. The third-order valence-electron chi connectivity index (χ3n) is 6.44. The van der Waals surface area contributed by atoms with Crippen molar-refractivity contribution in [2.45, 2.75) is 32.9 Å². The van der Waals surface area contributed by atoms with Gasteiger partial charge in [0.25, 0.3) is 11.7 Å². The fourth-order valence-corrected chi connectivity index (χ4v) is 4.91. The number of nitrogens with zero attached hydrogens (tertiary/aromatic N) is 1. The number of ether oxygens (including phenoxy) is 2. The minimum atomic E-state index is -0.874. The van der Waals surface area contributed by atoms with Crippen LogP contribution in [0, 0.1) is 0 Å². The highest BCUT2D eigenvalue weighted by molar-refractivity contribution is 6.51. The fraction of sp³-hybridized carbons (Fsp3) is 0.188. The molecule has 0 aromatic heterocycles. The first-order valence-electron chi connectivity index (χ1n) is 12.7. The molecule has 1 aliphatic rings. The average Bonchev–Trinajstić information content (AvgIpc) is 3.18. The Morgan fingerprint density at radius 1 is 0.895 bits per heavy atom. The van der Waals surface area contributed by atoms with E-state index < -0.39 is 17.7 Å². The molecule has 5 rings (SSSR count). The van der Waals surface area contributed by atoms with Gasteiger partial charge in [-0.2, -0.15) is 0 Å².